The molecule has 0 saturated heterocycles. The average molecular weight is 318 g/mol. The molecule has 1 heterocycles. The third-order valence-corrected chi connectivity index (χ3v) is 2.82. The first-order chi connectivity index (χ1) is 11.1. The van der Waals surface area contributed by atoms with E-state index in [1.807, 2.05) is 31.2 Å². The standard InChI is InChI=1S/C16H18N2O5/c1-4-5-12-6-7-13(14(8-12)20-3)21-10-16(19)22-9-15-17-11(2)18-23-15/h4-8H,9-10H2,1-3H3/b5-4-. The topological polar surface area (TPSA) is 83.7 Å². The highest BCUT2D eigenvalue weighted by Crippen LogP contribution is 2.28. The first kappa shape index (κ1) is 16.5. The first-order valence-corrected chi connectivity index (χ1v) is 7.00. The number of benzene rings is 1. The second-order valence-corrected chi connectivity index (χ2v) is 4.59. The predicted molar refractivity (Wildman–Crippen MR) is 82.0 cm³/mol. The summed E-state index contributed by atoms with van der Waals surface area (Å²) in [6.45, 7) is 3.28. The fraction of sp³-hybridized carbons (Fsp3) is 0.312. The maximum Gasteiger partial charge on any atom is 0.344 e. The van der Waals surface area contributed by atoms with Crippen molar-refractivity contribution in [3.63, 3.8) is 0 Å². The summed E-state index contributed by atoms with van der Waals surface area (Å²) in [5.74, 6) is 1.19. The van der Waals surface area contributed by atoms with Gasteiger partial charge in [-0.05, 0) is 31.5 Å². The van der Waals surface area contributed by atoms with E-state index in [1.165, 1.54) is 7.11 Å². The molecule has 0 aliphatic rings. The van der Waals surface area contributed by atoms with Crippen molar-refractivity contribution in [2.24, 2.45) is 0 Å². The van der Waals surface area contributed by atoms with Gasteiger partial charge in [0.15, 0.2) is 30.5 Å². The molecule has 1 aromatic heterocycles. The van der Waals surface area contributed by atoms with E-state index < -0.39 is 5.97 Å². The molecule has 2 aromatic rings. The van der Waals surface area contributed by atoms with E-state index in [0.717, 1.165) is 5.56 Å². The Bertz CT molecular complexity index is 694. The third kappa shape index (κ3) is 4.84. The lowest BCUT2D eigenvalue weighted by Gasteiger charge is -2.10. The molecule has 122 valence electrons. The molecule has 0 bridgehead atoms. The number of carbonyl (C=O) groups is 1. The van der Waals surface area contributed by atoms with Crippen LogP contribution in [-0.2, 0) is 16.1 Å². The maximum absolute atomic E-state index is 11.7. The summed E-state index contributed by atoms with van der Waals surface area (Å²) < 4.78 is 20.5. The smallest absolute Gasteiger partial charge is 0.344 e. The molecule has 0 atom stereocenters. The Labute approximate surface area is 133 Å². The molecule has 7 heteroatoms. The summed E-state index contributed by atoms with van der Waals surface area (Å²) in [6.07, 6.45) is 3.86. The van der Waals surface area contributed by atoms with E-state index in [1.54, 1.807) is 13.0 Å². The molecule has 2 rings (SSSR count). The van der Waals surface area contributed by atoms with Gasteiger partial charge in [-0.15, -0.1) is 0 Å². The van der Waals surface area contributed by atoms with E-state index in [0.29, 0.717) is 17.3 Å². The Hall–Kier alpha value is -2.83. The third-order valence-electron chi connectivity index (χ3n) is 2.82. The van der Waals surface area contributed by atoms with Crippen LogP contribution >= 0.6 is 0 Å². The van der Waals surface area contributed by atoms with Crippen LogP contribution in [0.4, 0.5) is 0 Å². The van der Waals surface area contributed by atoms with E-state index in [2.05, 4.69) is 10.1 Å². The molecule has 0 unspecified atom stereocenters. The normalized spacial score (nSPS) is 10.7. The summed E-state index contributed by atoms with van der Waals surface area (Å²) in [5.41, 5.74) is 0.978. The van der Waals surface area contributed by atoms with Crippen molar-refractivity contribution in [1.29, 1.82) is 0 Å². The van der Waals surface area contributed by atoms with Gasteiger partial charge in [0.2, 0.25) is 0 Å². The molecule has 0 N–H and O–H groups in total. The summed E-state index contributed by atoms with van der Waals surface area (Å²) in [5, 5.41) is 3.60. The minimum Gasteiger partial charge on any atom is -0.493 e. The molecular formula is C16H18N2O5. The monoisotopic (exact) mass is 318 g/mol. The molecule has 0 radical (unpaired) electrons. The second-order valence-electron chi connectivity index (χ2n) is 4.59. The SMILES string of the molecule is C/C=C\c1ccc(OCC(=O)OCc2nc(C)no2)c(OC)c1. The molecule has 0 aliphatic carbocycles. The van der Waals surface area contributed by atoms with Crippen LogP contribution in [0.25, 0.3) is 6.08 Å². The highest BCUT2D eigenvalue weighted by molar-refractivity contribution is 5.71. The van der Waals surface area contributed by atoms with Crippen LogP contribution in [0.5, 0.6) is 11.5 Å². The van der Waals surface area contributed by atoms with Gasteiger partial charge in [-0.1, -0.05) is 23.4 Å². The zero-order valence-corrected chi connectivity index (χ0v) is 13.2. The van der Waals surface area contributed by atoms with Gasteiger partial charge >= 0.3 is 5.97 Å². The average Bonchev–Trinajstić information content (AvgIpc) is 2.97. The number of esters is 1. The summed E-state index contributed by atoms with van der Waals surface area (Å²) in [6, 6.07) is 5.43. The van der Waals surface area contributed by atoms with E-state index >= 15 is 0 Å². The van der Waals surface area contributed by atoms with Crippen molar-refractivity contribution in [3.05, 3.63) is 41.6 Å². The molecule has 0 amide bonds. The lowest BCUT2D eigenvalue weighted by atomic mass is 10.2. The van der Waals surface area contributed by atoms with Gasteiger partial charge in [0.05, 0.1) is 7.11 Å². The number of aromatic nitrogens is 2. The van der Waals surface area contributed by atoms with Crippen LogP contribution < -0.4 is 9.47 Å². The van der Waals surface area contributed by atoms with Crippen molar-refractivity contribution < 1.29 is 23.5 Å². The second kappa shape index (κ2) is 7.98. The molecule has 0 spiro atoms. The number of aryl methyl sites for hydroxylation is 1. The predicted octanol–water partition coefficient (Wildman–Crippen LogP) is 2.54. The first-order valence-electron chi connectivity index (χ1n) is 7.00. The van der Waals surface area contributed by atoms with E-state index in [4.69, 9.17) is 18.7 Å². The number of carbonyl (C=O) groups excluding carboxylic acids is 1. The van der Waals surface area contributed by atoms with Crippen molar-refractivity contribution in [3.8, 4) is 11.5 Å². The van der Waals surface area contributed by atoms with Crippen LogP contribution in [0.1, 0.15) is 24.2 Å². The Morgan fingerprint density at radius 1 is 1.35 bits per heavy atom. The van der Waals surface area contributed by atoms with Crippen molar-refractivity contribution >= 4 is 12.0 Å². The van der Waals surface area contributed by atoms with Crippen LogP contribution in [0.2, 0.25) is 0 Å². The lowest BCUT2D eigenvalue weighted by Crippen LogP contribution is -2.15. The zero-order valence-electron chi connectivity index (χ0n) is 13.2. The van der Waals surface area contributed by atoms with Crippen molar-refractivity contribution in [2.75, 3.05) is 13.7 Å². The van der Waals surface area contributed by atoms with Gasteiger partial charge in [-0.25, -0.2) is 4.79 Å². The fourth-order valence-electron chi connectivity index (χ4n) is 1.82. The largest absolute Gasteiger partial charge is 0.493 e. The van der Waals surface area contributed by atoms with Crippen molar-refractivity contribution in [2.45, 2.75) is 20.5 Å². The van der Waals surface area contributed by atoms with Gasteiger partial charge in [-0.3, -0.25) is 0 Å². The van der Waals surface area contributed by atoms with Gasteiger partial charge in [0.25, 0.3) is 5.89 Å². The lowest BCUT2D eigenvalue weighted by molar-refractivity contribution is -0.148. The van der Waals surface area contributed by atoms with Crippen LogP contribution in [-0.4, -0.2) is 29.8 Å². The molecule has 23 heavy (non-hydrogen) atoms. The minimum absolute atomic E-state index is 0.0829. The van der Waals surface area contributed by atoms with Gasteiger partial charge in [0.1, 0.15) is 0 Å². The zero-order chi connectivity index (χ0) is 16.7. The molecule has 0 saturated carbocycles. The number of hydrogen-bond donors (Lipinski definition) is 0. The Balaban J connectivity index is 1.88. The van der Waals surface area contributed by atoms with Crippen LogP contribution in [0, 0.1) is 6.92 Å². The van der Waals surface area contributed by atoms with Gasteiger partial charge in [0, 0.05) is 0 Å². The van der Waals surface area contributed by atoms with Crippen LogP contribution in [0.15, 0.2) is 28.8 Å². The number of nitrogens with zero attached hydrogens (tertiary/aromatic N) is 2. The Kier molecular flexibility index (Phi) is 5.74. The summed E-state index contributed by atoms with van der Waals surface area (Å²) in [7, 11) is 1.54. The molecule has 0 fully saturated rings. The maximum atomic E-state index is 11.7. The highest BCUT2D eigenvalue weighted by atomic mass is 16.6. The van der Waals surface area contributed by atoms with Gasteiger partial charge < -0.3 is 18.7 Å². The number of methoxy groups -OCH3 is 1. The Morgan fingerprint density at radius 2 is 2.17 bits per heavy atom. The highest BCUT2D eigenvalue weighted by Gasteiger charge is 2.11. The van der Waals surface area contributed by atoms with E-state index in [-0.39, 0.29) is 19.1 Å². The molecular weight excluding hydrogens is 300 g/mol. The molecule has 1 aromatic carbocycles. The fourth-order valence-corrected chi connectivity index (χ4v) is 1.82. The number of hydrogen-bond acceptors (Lipinski definition) is 7. The Morgan fingerprint density at radius 3 is 2.83 bits per heavy atom. The van der Waals surface area contributed by atoms with Crippen molar-refractivity contribution in [1.82, 2.24) is 10.1 Å². The quantitative estimate of drug-likeness (QED) is 0.725. The molecule has 7 nitrogen and oxygen atoms in total. The summed E-state index contributed by atoms with van der Waals surface area (Å²) in [4.78, 5) is 15.6. The number of rotatable bonds is 7. The number of allylic oxidation sites excluding steroid dienone is 1. The molecule has 0 aliphatic heterocycles. The minimum atomic E-state index is -0.541. The van der Waals surface area contributed by atoms with E-state index in [9.17, 15) is 4.79 Å². The van der Waals surface area contributed by atoms with Crippen LogP contribution in [0.3, 0.4) is 0 Å². The summed E-state index contributed by atoms with van der Waals surface area (Å²) >= 11 is 0. The van der Waals surface area contributed by atoms with Gasteiger partial charge in [-0.2, -0.15) is 4.98 Å². The number of ether oxygens (including phenoxy) is 3.